The van der Waals surface area contributed by atoms with Crippen LogP contribution in [0, 0.1) is 11.7 Å². The van der Waals surface area contributed by atoms with Gasteiger partial charge in [-0.25, -0.2) is 4.39 Å². The Labute approximate surface area is 131 Å². The first-order valence-electron chi connectivity index (χ1n) is 8.42. The van der Waals surface area contributed by atoms with Crippen molar-refractivity contribution in [1.82, 2.24) is 10.6 Å². The molecular weight excluding hydrogens is 279 g/mol. The third kappa shape index (κ3) is 3.32. The average molecular weight is 304 g/mol. The fraction of sp³-hybridized carbons (Fsp3) is 0.611. The van der Waals surface area contributed by atoms with Gasteiger partial charge in [-0.2, -0.15) is 0 Å². The van der Waals surface area contributed by atoms with E-state index in [9.17, 15) is 9.18 Å². The van der Waals surface area contributed by atoms with Crippen molar-refractivity contribution >= 4 is 5.91 Å². The van der Waals surface area contributed by atoms with Crippen LogP contribution in [0.1, 0.15) is 44.1 Å². The number of amides is 1. The number of rotatable bonds is 5. The number of hydrogen-bond acceptors (Lipinski definition) is 2. The molecule has 1 saturated heterocycles. The summed E-state index contributed by atoms with van der Waals surface area (Å²) in [7, 11) is 0. The van der Waals surface area contributed by atoms with Crippen LogP contribution in [0.5, 0.6) is 0 Å². The highest BCUT2D eigenvalue weighted by Gasteiger charge is 2.37. The van der Waals surface area contributed by atoms with Gasteiger partial charge in [-0.1, -0.05) is 31.0 Å². The second-order valence-corrected chi connectivity index (χ2v) is 6.81. The molecule has 1 aromatic carbocycles. The van der Waals surface area contributed by atoms with E-state index in [1.165, 1.54) is 6.07 Å². The quantitative estimate of drug-likeness (QED) is 0.878. The summed E-state index contributed by atoms with van der Waals surface area (Å²) in [5.41, 5.74) is 0.560. The lowest BCUT2D eigenvalue weighted by Gasteiger charge is -2.30. The minimum atomic E-state index is -0.213. The number of carbonyl (C=O) groups is 1. The summed E-state index contributed by atoms with van der Waals surface area (Å²) in [5, 5.41) is 6.37. The topological polar surface area (TPSA) is 41.1 Å². The van der Waals surface area contributed by atoms with E-state index in [4.69, 9.17) is 0 Å². The van der Waals surface area contributed by atoms with Crippen molar-refractivity contribution in [3.63, 3.8) is 0 Å². The van der Waals surface area contributed by atoms with Crippen LogP contribution in [0.15, 0.2) is 24.3 Å². The molecule has 1 atom stereocenters. The van der Waals surface area contributed by atoms with E-state index >= 15 is 0 Å². The molecule has 0 radical (unpaired) electrons. The van der Waals surface area contributed by atoms with Crippen LogP contribution >= 0.6 is 0 Å². The fourth-order valence-corrected chi connectivity index (χ4v) is 3.98. The van der Waals surface area contributed by atoms with E-state index in [1.807, 2.05) is 12.1 Å². The lowest BCUT2D eigenvalue weighted by molar-refractivity contribution is -0.122. The number of carbonyl (C=O) groups excluding carboxylic acids is 1. The van der Waals surface area contributed by atoms with Gasteiger partial charge in [-0.15, -0.1) is 0 Å². The standard InChI is InChI=1S/C18H25FN2O/c19-16-6-2-1-5-15(16)18(8-3-4-9-18)13-21-17(22)11-14-7-10-20-12-14/h1-2,5-6,14,20H,3-4,7-13H2,(H,21,22)/t14-/m0/s1. The zero-order valence-corrected chi connectivity index (χ0v) is 13.0. The van der Waals surface area contributed by atoms with E-state index in [-0.39, 0.29) is 17.1 Å². The van der Waals surface area contributed by atoms with Crippen molar-refractivity contribution in [2.24, 2.45) is 5.92 Å². The molecule has 0 bridgehead atoms. The third-order valence-corrected chi connectivity index (χ3v) is 5.27. The Kier molecular flexibility index (Phi) is 4.77. The molecule has 3 nitrogen and oxygen atoms in total. The third-order valence-electron chi connectivity index (χ3n) is 5.27. The first-order chi connectivity index (χ1) is 10.7. The van der Waals surface area contributed by atoms with Crippen LogP contribution in [0.2, 0.25) is 0 Å². The number of hydrogen-bond donors (Lipinski definition) is 2. The highest BCUT2D eigenvalue weighted by Crippen LogP contribution is 2.41. The molecule has 120 valence electrons. The molecule has 0 aromatic heterocycles. The van der Waals surface area contributed by atoms with Gasteiger partial charge in [0.05, 0.1) is 0 Å². The van der Waals surface area contributed by atoms with Crippen LogP contribution in [-0.4, -0.2) is 25.5 Å². The van der Waals surface area contributed by atoms with Crippen LogP contribution in [-0.2, 0) is 10.2 Å². The van der Waals surface area contributed by atoms with E-state index in [0.29, 0.717) is 18.9 Å². The van der Waals surface area contributed by atoms with E-state index < -0.39 is 0 Å². The number of benzene rings is 1. The maximum Gasteiger partial charge on any atom is 0.220 e. The Morgan fingerprint density at radius 3 is 2.77 bits per heavy atom. The second-order valence-electron chi connectivity index (χ2n) is 6.81. The summed E-state index contributed by atoms with van der Waals surface area (Å²) < 4.78 is 14.2. The smallest absolute Gasteiger partial charge is 0.220 e. The van der Waals surface area contributed by atoms with Gasteiger partial charge >= 0.3 is 0 Å². The zero-order valence-electron chi connectivity index (χ0n) is 13.0. The molecule has 1 aromatic rings. The molecule has 1 amide bonds. The Balaban J connectivity index is 1.64. The second kappa shape index (κ2) is 6.78. The number of halogens is 1. The summed E-state index contributed by atoms with van der Waals surface area (Å²) in [6.45, 7) is 2.51. The summed E-state index contributed by atoms with van der Waals surface area (Å²) in [6, 6.07) is 7.03. The SMILES string of the molecule is O=C(C[C@@H]1CCNC1)NCC1(c2ccccc2F)CCCC1. The molecule has 0 spiro atoms. The monoisotopic (exact) mass is 304 g/mol. The first-order valence-corrected chi connectivity index (χ1v) is 8.42. The minimum absolute atomic E-state index is 0.108. The molecular formula is C18H25FN2O. The van der Waals surface area contributed by atoms with Crippen LogP contribution in [0.25, 0.3) is 0 Å². The lowest BCUT2D eigenvalue weighted by Crippen LogP contribution is -2.40. The minimum Gasteiger partial charge on any atom is -0.355 e. The summed E-state index contributed by atoms with van der Waals surface area (Å²) in [6.07, 6.45) is 5.79. The predicted molar refractivity (Wildman–Crippen MR) is 85.1 cm³/mol. The molecule has 2 fully saturated rings. The molecule has 1 aliphatic heterocycles. The Morgan fingerprint density at radius 2 is 2.09 bits per heavy atom. The highest BCUT2D eigenvalue weighted by molar-refractivity contribution is 5.76. The molecule has 0 unspecified atom stereocenters. The summed E-state index contributed by atoms with van der Waals surface area (Å²) >= 11 is 0. The average Bonchev–Trinajstić information content (AvgIpc) is 3.18. The van der Waals surface area contributed by atoms with E-state index in [2.05, 4.69) is 10.6 Å². The molecule has 3 rings (SSSR count). The van der Waals surface area contributed by atoms with Crippen molar-refractivity contribution < 1.29 is 9.18 Å². The molecule has 2 N–H and O–H groups in total. The van der Waals surface area contributed by atoms with Crippen molar-refractivity contribution in [1.29, 1.82) is 0 Å². The molecule has 22 heavy (non-hydrogen) atoms. The zero-order chi connectivity index (χ0) is 15.4. The van der Waals surface area contributed by atoms with Gasteiger partial charge in [0, 0.05) is 18.4 Å². The Bertz CT molecular complexity index is 520. The van der Waals surface area contributed by atoms with Crippen LogP contribution < -0.4 is 10.6 Å². The maximum atomic E-state index is 14.2. The van der Waals surface area contributed by atoms with E-state index in [1.54, 1.807) is 6.07 Å². The van der Waals surface area contributed by atoms with Gasteiger partial charge in [0.15, 0.2) is 0 Å². The van der Waals surface area contributed by atoms with Crippen LogP contribution in [0.4, 0.5) is 4.39 Å². The van der Waals surface area contributed by atoms with Crippen LogP contribution in [0.3, 0.4) is 0 Å². The van der Waals surface area contributed by atoms with Gasteiger partial charge in [0.2, 0.25) is 5.91 Å². The molecule has 4 heteroatoms. The molecule has 1 saturated carbocycles. The van der Waals surface area contributed by atoms with Crippen molar-refractivity contribution in [2.75, 3.05) is 19.6 Å². The molecule has 1 aliphatic carbocycles. The Morgan fingerprint density at radius 1 is 1.32 bits per heavy atom. The van der Waals surface area contributed by atoms with Gasteiger partial charge in [0.25, 0.3) is 0 Å². The highest BCUT2D eigenvalue weighted by atomic mass is 19.1. The van der Waals surface area contributed by atoms with E-state index in [0.717, 1.165) is 50.8 Å². The molecule has 1 heterocycles. The summed E-state index contributed by atoms with van der Waals surface area (Å²) in [4.78, 5) is 12.2. The number of nitrogens with one attached hydrogen (secondary N) is 2. The largest absolute Gasteiger partial charge is 0.355 e. The molecule has 2 aliphatic rings. The first kappa shape index (κ1) is 15.5. The maximum absolute atomic E-state index is 14.2. The normalized spacial score (nSPS) is 23.6. The van der Waals surface area contributed by atoms with Crippen molar-refractivity contribution in [3.8, 4) is 0 Å². The lowest BCUT2D eigenvalue weighted by atomic mass is 9.78. The van der Waals surface area contributed by atoms with Crippen molar-refractivity contribution in [2.45, 2.75) is 43.9 Å². The summed E-state index contributed by atoms with van der Waals surface area (Å²) in [5.74, 6) is 0.419. The fourth-order valence-electron chi connectivity index (χ4n) is 3.98. The predicted octanol–water partition coefficient (Wildman–Crippen LogP) is 2.75. The van der Waals surface area contributed by atoms with Gasteiger partial charge in [-0.05, 0) is 49.9 Å². The van der Waals surface area contributed by atoms with Gasteiger partial charge in [0.1, 0.15) is 5.82 Å². The van der Waals surface area contributed by atoms with Gasteiger partial charge < -0.3 is 10.6 Å². The Hall–Kier alpha value is -1.42. The van der Waals surface area contributed by atoms with Crippen molar-refractivity contribution in [3.05, 3.63) is 35.6 Å². The van der Waals surface area contributed by atoms with Gasteiger partial charge in [-0.3, -0.25) is 4.79 Å².